The van der Waals surface area contributed by atoms with E-state index in [4.69, 9.17) is 9.72 Å². The van der Waals surface area contributed by atoms with Crippen molar-refractivity contribution in [1.82, 2.24) is 19.9 Å². The Labute approximate surface area is 183 Å². The van der Waals surface area contributed by atoms with E-state index in [0.29, 0.717) is 12.2 Å². The molecule has 0 spiro atoms. The number of aromatic nitrogens is 3. The molecule has 6 nitrogen and oxygen atoms in total. The van der Waals surface area contributed by atoms with Gasteiger partial charge in [0.25, 0.3) is 5.91 Å². The molecule has 2 aromatic heterocycles. The van der Waals surface area contributed by atoms with Crippen LogP contribution < -0.4 is 0 Å². The number of pyridine rings is 1. The summed E-state index contributed by atoms with van der Waals surface area (Å²) in [6.07, 6.45) is 9.12. The van der Waals surface area contributed by atoms with Gasteiger partial charge >= 0.3 is 0 Å². The summed E-state index contributed by atoms with van der Waals surface area (Å²) in [5.41, 5.74) is 4.68. The van der Waals surface area contributed by atoms with Gasteiger partial charge in [-0.1, -0.05) is 19.1 Å². The van der Waals surface area contributed by atoms with E-state index in [1.54, 1.807) is 19.5 Å². The summed E-state index contributed by atoms with van der Waals surface area (Å²) in [6.45, 7) is 3.39. The summed E-state index contributed by atoms with van der Waals surface area (Å²) >= 11 is 0. The molecule has 6 heteroatoms. The highest BCUT2D eigenvalue weighted by Gasteiger charge is 2.33. The van der Waals surface area contributed by atoms with Crippen LogP contribution in [0.2, 0.25) is 0 Å². The SMILES string of the molecule is CCCc1ncc(-c2ccncc2)c([C@H]2CCCN2C(=O)c2ccc(COC)cc2)n1. The monoisotopic (exact) mass is 416 g/mol. The van der Waals surface area contributed by atoms with Gasteiger partial charge in [0, 0.05) is 49.8 Å². The highest BCUT2D eigenvalue weighted by atomic mass is 16.5. The predicted molar refractivity (Wildman–Crippen MR) is 119 cm³/mol. The summed E-state index contributed by atoms with van der Waals surface area (Å²) < 4.78 is 5.18. The van der Waals surface area contributed by atoms with Crippen LogP contribution in [0.15, 0.2) is 55.0 Å². The molecule has 1 amide bonds. The van der Waals surface area contributed by atoms with Gasteiger partial charge in [-0.3, -0.25) is 9.78 Å². The number of methoxy groups -OCH3 is 1. The van der Waals surface area contributed by atoms with E-state index in [2.05, 4.69) is 16.9 Å². The van der Waals surface area contributed by atoms with Crippen LogP contribution in [0.5, 0.6) is 0 Å². The van der Waals surface area contributed by atoms with Crippen molar-refractivity contribution in [3.8, 4) is 11.1 Å². The number of carbonyl (C=O) groups excluding carboxylic acids is 1. The number of rotatable bonds is 7. The Morgan fingerprint density at radius 1 is 1.16 bits per heavy atom. The first-order chi connectivity index (χ1) is 15.2. The van der Waals surface area contributed by atoms with E-state index in [1.807, 2.05) is 47.5 Å². The molecular weight excluding hydrogens is 388 g/mol. The zero-order valence-electron chi connectivity index (χ0n) is 18.1. The van der Waals surface area contributed by atoms with Crippen molar-refractivity contribution in [3.63, 3.8) is 0 Å². The molecular formula is C25H28N4O2. The standard InChI is InChI=1S/C25H28N4O2/c1-3-5-23-27-16-21(19-11-13-26-14-12-19)24(28-23)22-6-4-15-29(22)25(30)20-9-7-18(8-10-20)17-31-2/h7-14,16,22H,3-6,15,17H2,1-2H3/t22-/m1/s1. The van der Waals surface area contributed by atoms with E-state index < -0.39 is 0 Å². The highest BCUT2D eigenvalue weighted by molar-refractivity contribution is 5.94. The molecule has 3 aromatic rings. The maximum absolute atomic E-state index is 13.4. The first-order valence-electron chi connectivity index (χ1n) is 10.9. The third kappa shape index (κ3) is 4.64. The molecule has 3 heterocycles. The fourth-order valence-corrected chi connectivity index (χ4v) is 4.16. The van der Waals surface area contributed by atoms with Crippen LogP contribution in [0.25, 0.3) is 11.1 Å². The zero-order chi connectivity index (χ0) is 21.6. The van der Waals surface area contributed by atoms with Crippen molar-refractivity contribution >= 4 is 5.91 Å². The number of benzene rings is 1. The molecule has 31 heavy (non-hydrogen) atoms. The Hall–Kier alpha value is -3.12. The minimum atomic E-state index is -0.0621. The van der Waals surface area contributed by atoms with Crippen LogP contribution in [0.4, 0.5) is 0 Å². The molecule has 0 aliphatic carbocycles. The first-order valence-corrected chi connectivity index (χ1v) is 10.9. The van der Waals surface area contributed by atoms with Crippen LogP contribution in [-0.4, -0.2) is 39.4 Å². The van der Waals surface area contributed by atoms with Gasteiger partial charge in [-0.25, -0.2) is 9.97 Å². The lowest BCUT2D eigenvalue weighted by molar-refractivity contribution is 0.0733. The van der Waals surface area contributed by atoms with Crippen molar-refractivity contribution in [2.45, 2.75) is 45.3 Å². The molecule has 0 radical (unpaired) electrons. The quantitative estimate of drug-likeness (QED) is 0.562. The van der Waals surface area contributed by atoms with Crippen molar-refractivity contribution in [1.29, 1.82) is 0 Å². The number of hydrogen-bond acceptors (Lipinski definition) is 5. The van der Waals surface area contributed by atoms with Gasteiger partial charge in [0.1, 0.15) is 5.82 Å². The van der Waals surface area contributed by atoms with Gasteiger partial charge in [0.2, 0.25) is 0 Å². The maximum atomic E-state index is 13.4. The van der Waals surface area contributed by atoms with E-state index in [9.17, 15) is 4.79 Å². The Balaban J connectivity index is 1.68. The Kier molecular flexibility index (Phi) is 6.67. The molecule has 1 aromatic carbocycles. The molecule has 4 rings (SSSR count). The zero-order valence-corrected chi connectivity index (χ0v) is 18.1. The molecule has 0 saturated carbocycles. The fraction of sp³-hybridized carbons (Fsp3) is 0.360. The third-order valence-electron chi connectivity index (χ3n) is 5.67. The van der Waals surface area contributed by atoms with Gasteiger partial charge in [0.05, 0.1) is 18.3 Å². The van der Waals surface area contributed by atoms with Crippen molar-refractivity contribution in [3.05, 3.63) is 77.6 Å². The molecule has 1 atom stereocenters. The molecule has 1 saturated heterocycles. The second kappa shape index (κ2) is 9.79. The topological polar surface area (TPSA) is 68.2 Å². The maximum Gasteiger partial charge on any atom is 0.254 e. The molecule has 1 aliphatic rings. The number of nitrogens with zero attached hydrogens (tertiary/aromatic N) is 4. The largest absolute Gasteiger partial charge is 0.380 e. The first kappa shape index (κ1) is 21.1. The summed E-state index contributed by atoms with van der Waals surface area (Å²) in [5, 5.41) is 0. The number of aryl methyl sites for hydroxylation is 1. The van der Waals surface area contributed by atoms with Gasteiger partial charge in [-0.05, 0) is 54.7 Å². The number of ether oxygens (including phenoxy) is 1. The molecule has 0 N–H and O–H groups in total. The summed E-state index contributed by atoms with van der Waals surface area (Å²) in [5.74, 6) is 0.876. The molecule has 1 aliphatic heterocycles. The molecule has 0 unspecified atom stereocenters. The van der Waals surface area contributed by atoms with E-state index in [0.717, 1.165) is 60.4 Å². The van der Waals surface area contributed by atoms with Gasteiger partial charge in [-0.15, -0.1) is 0 Å². The summed E-state index contributed by atoms with van der Waals surface area (Å²) in [6, 6.07) is 11.6. The summed E-state index contributed by atoms with van der Waals surface area (Å²) in [7, 11) is 1.67. The number of likely N-dealkylation sites (tertiary alicyclic amines) is 1. The van der Waals surface area contributed by atoms with Crippen LogP contribution in [0.1, 0.15) is 59.7 Å². The second-order valence-corrected chi connectivity index (χ2v) is 7.86. The number of carbonyl (C=O) groups is 1. The van der Waals surface area contributed by atoms with Crippen molar-refractivity contribution in [2.75, 3.05) is 13.7 Å². The van der Waals surface area contributed by atoms with Gasteiger partial charge < -0.3 is 9.64 Å². The van der Waals surface area contributed by atoms with Crippen molar-refractivity contribution in [2.24, 2.45) is 0 Å². The average Bonchev–Trinajstić information content (AvgIpc) is 3.30. The lowest BCUT2D eigenvalue weighted by atomic mass is 10.00. The predicted octanol–water partition coefficient (Wildman–Crippen LogP) is 4.61. The average molecular weight is 417 g/mol. The Morgan fingerprint density at radius 2 is 1.94 bits per heavy atom. The van der Waals surface area contributed by atoms with Gasteiger partial charge in [-0.2, -0.15) is 0 Å². The minimum absolute atomic E-state index is 0.0443. The highest BCUT2D eigenvalue weighted by Crippen LogP contribution is 2.37. The van der Waals surface area contributed by atoms with Crippen molar-refractivity contribution < 1.29 is 9.53 Å². The number of hydrogen-bond donors (Lipinski definition) is 0. The molecule has 1 fully saturated rings. The Morgan fingerprint density at radius 3 is 2.65 bits per heavy atom. The second-order valence-electron chi connectivity index (χ2n) is 7.86. The van der Waals surface area contributed by atoms with E-state index >= 15 is 0 Å². The van der Waals surface area contributed by atoms with Crippen LogP contribution in [0, 0.1) is 0 Å². The van der Waals surface area contributed by atoms with Gasteiger partial charge in [0.15, 0.2) is 0 Å². The molecule has 160 valence electrons. The van der Waals surface area contributed by atoms with E-state index in [-0.39, 0.29) is 11.9 Å². The third-order valence-corrected chi connectivity index (χ3v) is 5.67. The lowest BCUT2D eigenvalue weighted by Gasteiger charge is -2.26. The number of amides is 1. The van der Waals surface area contributed by atoms with Crippen LogP contribution >= 0.6 is 0 Å². The smallest absolute Gasteiger partial charge is 0.254 e. The summed E-state index contributed by atoms with van der Waals surface area (Å²) in [4.78, 5) is 29.0. The molecule has 0 bridgehead atoms. The lowest BCUT2D eigenvalue weighted by Crippen LogP contribution is -2.31. The van der Waals surface area contributed by atoms with Crippen LogP contribution in [-0.2, 0) is 17.8 Å². The normalized spacial score (nSPS) is 15.9. The van der Waals surface area contributed by atoms with E-state index in [1.165, 1.54) is 0 Å². The minimum Gasteiger partial charge on any atom is -0.380 e. The fourth-order valence-electron chi connectivity index (χ4n) is 4.16. The van der Waals surface area contributed by atoms with Crippen LogP contribution in [0.3, 0.4) is 0 Å². The Bertz CT molecular complexity index is 1020.